The molecule has 0 radical (unpaired) electrons. The van der Waals surface area contributed by atoms with Crippen molar-refractivity contribution >= 4 is 0 Å². The Bertz CT molecular complexity index is 1070. The summed E-state index contributed by atoms with van der Waals surface area (Å²) in [5, 5.41) is 15.4. The SMILES string of the molecule is C#CCOCC(O)CN(Cc1c(C)nn(-c2ccccc2)c1Oc1ccc(C)cc1)CC(C)C. The van der Waals surface area contributed by atoms with Crippen LogP contribution in [0.5, 0.6) is 11.6 Å². The van der Waals surface area contributed by atoms with Gasteiger partial charge in [0.2, 0.25) is 5.88 Å². The first kappa shape index (κ1) is 25.5. The molecule has 3 aromatic rings. The summed E-state index contributed by atoms with van der Waals surface area (Å²) in [6.07, 6.45) is 4.61. The van der Waals surface area contributed by atoms with Crippen LogP contribution in [0, 0.1) is 32.1 Å². The number of aliphatic hydroxyl groups is 1. The van der Waals surface area contributed by atoms with Gasteiger partial charge in [0.25, 0.3) is 0 Å². The second-order valence-electron chi connectivity index (χ2n) is 8.99. The van der Waals surface area contributed by atoms with Crippen molar-refractivity contribution in [1.29, 1.82) is 0 Å². The Morgan fingerprint density at radius 2 is 1.76 bits per heavy atom. The Morgan fingerprint density at radius 1 is 1.06 bits per heavy atom. The van der Waals surface area contributed by atoms with Crippen LogP contribution < -0.4 is 4.74 Å². The van der Waals surface area contributed by atoms with Crippen molar-refractivity contribution in [3.05, 3.63) is 71.4 Å². The van der Waals surface area contributed by atoms with Crippen molar-refractivity contribution in [3.63, 3.8) is 0 Å². The number of hydrogen-bond acceptors (Lipinski definition) is 5. The van der Waals surface area contributed by atoms with Crippen molar-refractivity contribution < 1.29 is 14.6 Å². The zero-order chi connectivity index (χ0) is 24.5. The summed E-state index contributed by atoms with van der Waals surface area (Å²) in [5.74, 6) is 4.29. The van der Waals surface area contributed by atoms with Crippen LogP contribution in [0.15, 0.2) is 54.6 Å². The topological polar surface area (TPSA) is 59.8 Å². The number of aryl methyl sites for hydroxylation is 2. The first-order chi connectivity index (χ1) is 16.4. The molecule has 1 atom stereocenters. The maximum atomic E-state index is 10.5. The summed E-state index contributed by atoms with van der Waals surface area (Å²) in [4.78, 5) is 2.22. The van der Waals surface area contributed by atoms with E-state index in [0.29, 0.717) is 24.9 Å². The lowest BCUT2D eigenvalue weighted by molar-refractivity contribution is 0.0236. The van der Waals surface area contributed by atoms with Crippen LogP contribution in [0.2, 0.25) is 0 Å². The summed E-state index contributed by atoms with van der Waals surface area (Å²) in [5.41, 5.74) is 3.97. The molecule has 0 aliphatic heterocycles. The van der Waals surface area contributed by atoms with E-state index in [2.05, 4.69) is 31.6 Å². The third kappa shape index (κ3) is 7.19. The van der Waals surface area contributed by atoms with E-state index in [4.69, 9.17) is 21.0 Å². The average Bonchev–Trinajstić information content (AvgIpc) is 3.10. The van der Waals surface area contributed by atoms with Gasteiger partial charge in [-0.2, -0.15) is 5.10 Å². The van der Waals surface area contributed by atoms with Crippen molar-refractivity contribution in [2.24, 2.45) is 5.92 Å². The highest BCUT2D eigenvalue weighted by atomic mass is 16.5. The summed E-state index contributed by atoms with van der Waals surface area (Å²) >= 11 is 0. The standard InChI is InChI=1S/C28H35N3O3/c1-6-16-33-20-25(32)18-30(17-21(2)3)19-27-23(5)29-31(24-10-8-7-9-11-24)28(27)34-26-14-12-22(4)13-15-26/h1,7-15,21,25,32H,16-20H2,2-5H3. The molecule has 6 heteroatoms. The number of terminal acetylenes is 1. The number of hydrogen-bond donors (Lipinski definition) is 1. The molecule has 1 unspecified atom stereocenters. The van der Waals surface area contributed by atoms with Gasteiger partial charge in [0.15, 0.2) is 0 Å². The molecule has 34 heavy (non-hydrogen) atoms. The maximum Gasteiger partial charge on any atom is 0.227 e. The van der Waals surface area contributed by atoms with E-state index in [0.717, 1.165) is 29.2 Å². The fourth-order valence-electron chi connectivity index (χ4n) is 3.84. The molecule has 1 heterocycles. The third-order valence-corrected chi connectivity index (χ3v) is 5.34. The number of benzene rings is 2. The Morgan fingerprint density at radius 3 is 2.41 bits per heavy atom. The highest BCUT2D eigenvalue weighted by Crippen LogP contribution is 2.32. The maximum absolute atomic E-state index is 10.5. The molecule has 0 aliphatic carbocycles. The second kappa shape index (κ2) is 12.4. The highest BCUT2D eigenvalue weighted by Gasteiger charge is 2.23. The van der Waals surface area contributed by atoms with Crippen molar-refractivity contribution in [2.45, 2.75) is 40.3 Å². The number of nitrogens with zero attached hydrogens (tertiary/aromatic N) is 3. The summed E-state index contributed by atoms with van der Waals surface area (Å²) in [7, 11) is 0. The molecule has 0 fully saturated rings. The predicted molar refractivity (Wildman–Crippen MR) is 135 cm³/mol. The lowest BCUT2D eigenvalue weighted by Gasteiger charge is -2.27. The van der Waals surface area contributed by atoms with Gasteiger partial charge >= 0.3 is 0 Å². The van der Waals surface area contributed by atoms with Gasteiger partial charge in [0.05, 0.1) is 29.7 Å². The molecular weight excluding hydrogens is 426 g/mol. The van der Waals surface area contributed by atoms with Gasteiger partial charge < -0.3 is 14.6 Å². The largest absolute Gasteiger partial charge is 0.439 e. The Kier molecular flexibility index (Phi) is 9.29. The molecule has 2 aromatic carbocycles. The number of aromatic nitrogens is 2. The fourth-order valence-corrected chi connectivity index (χ4v) is 3.84. The molecule has 0 saturated carbocycles. The molecule has 1 N–H and O–H groups in total. The van der Waals surface area contributed by atoms with E-state index in [-0.39, 0.29) is 13.2 Å². The monoisotopic (exact) mass is 461 g/mol. The number of rotatable bonds is 12. The Balaban J connectivity index is 1.93. The van der Waals surface area contributed by atoms with Crippen molar-refractivity contribution in [3.8, 4) is 29.7 Å². The molecule has 0 aliphatic rings. The van der Waals surface area contributed by atoms with Gasteiger partial charge in [0, 0.05) is 19.6 Å². The molecular formula is C28H35N3O3. The van der Waals surface area contributed by atoms with Gasteiger partial charge in [-0.15, -0.1) is 6.42 Å². The van der Waals surface area contributed by atoms with Crippen LogP contribution in [0.4, 0.5) is 0 Å². The van der Waals surface area contributed by atoms with Crippen LogP contribution >= 0.6 is 0 Å². The van der Waals surface area contributed by atoms with Gasteiger partial charge in [-0.1, -0.05) is 55.7 Å². The van der Waals surface area contributed by atoms with Crippen molar-refractivity contribution in [1.82, 2.24) is 14.7 Å². The van der Waals surface area contributed by atoms with Crippen LogP contribution in [0.1, 0.15) is 30.7 Å². The smallest absolute Gasteiger partial charge is 0.227 e. The number of aliphatic hydroxyl groups excluding tert-OH is 1. The molecule has 6 nitrogen and oxygen atoms in total. The zero-order valence-electron chi connectivity index (χ0n) is 20.6. The van der Waals surface area contributed by atoms with Crippen LogP contribution in [-0.2, 0) is 11.3 Å². The van der Waals surface area contributed by atoms with Gasteiger partial charge in [0.1, 0.15) is 12.4 Å². The van der Waals surface area contributed by atoms with E-state index >= 15 is 0 Å². The zero-order valence-corrected chi connectivity index (χ0v) is 20.6. The summed E-state index contributed by atoms with van der Waals surface area (Å²) < 4.78 is 13.6. The fraction of sp³-hybridized carbons (Fsp3) is 0.393. The van der Waals surface area contributed by atoms with Crippen LogP contribution in [0.3, 0.4) is 0 Å². The number of para-hydroxylation sites is 1. The predicted octanol–water partition coefficient (Wildman–Crippen LogP) is 4.75. The van der Waals surface area contributed by atoms with Gasteiger partial charge in [-0.25, -0.2) is 4.68 Å². The summed E-state index contributed by atoms with van der Waals surface area (Å²) in [6.45, 7) is 10.6. The lowest BCUT2D eigenvalue weighted by Crippen LogP contribution is -2.37. The van der Waals surface area contributed by atoms with E-state index in [1.165, 1.54) is 5.56 Å². The van der Waals surface area contributed by atoms with E-state index in [9.17, 15) is 5.11 Å². The normalized spacial score (nSPS) is 12.2. The number of ether oxygens (including phenoxy) is 2. The van der Waals surface area contributed by atoms with Crippen LogP contribution in [0.25, 0.3) is 5.69 Å². The average molecular weight is 462 g/mol. The van der Waals surface area contributed by atoms with E-state index in [1.54, 1.807) is 0 Å². The van der Waals surface area contributed by atoms with E-state index < -0.39 is 6.10 Å². The molecule has 180 valence electrons. The minimum absolute atomic E-state index is 0.193. The molecule has 1 aromatic heterocycles. The minimum Gasteiger partial charge on any atom is -0.439 e. The molecule has 0 saturated heterocycles. The first-order valence-corrected chi connectivity index (χ1v) is 11.7. The van der Waals surface area contributed by atoms with Gasteiger partial charge in [-0.3, -0.25) is 4.90 Å². The van der Waals surface area contributed by atoms with Crippen LogP contribution in [-0.4, -0.2) is 52.2 Å². The Hall–Kier alpha value is -3.11. The Labute approximate surface area is 203 Å². The quantitative estimate of drug-likeness (QED) is 0.312. The summed E-state index contributed by atoms with van der Waals surface area (Å²) in [6, 6.07) is 18.0. The first-order valence-electron chi connectivity index (χ1n) is 11.7. The molecule has 0 spiro atoms. The highest BCUT2D eigenvalue weighted by molar-refractivity contribution is 5.43. The van der Waals surface area contributed by atoms with Crippen molar-refractivity contribution in [2.75, 3.05) is 26.3 Å². The third-order valence-electron chi connectivity index (χ3n) is 5.34. The minimum atomic E-state index is -0.641. The second-order valence-corrected chi connectivity index (χ2v) is 8.99. The molecule has 0 bridgehead atoms. The molecule has 3 rings (SSSR count). The van der Waals surface area contributed by atoms with Gasteiger partial charge in [-0.05, 0) is 44.0 Å². The molecule has 0 amide bonds. The van der Waals surface area contributed by atoms with E-state index in [1.807, 2.05) is 66.2 Å². The lowest BCUT2D eigenvalue weighted by atomic mass is 10.1.